The molecule has 0 saturated heterocycles. The molecule has 3 heterocycles. The molecular weight excluding hydrogens is 428 g/mol. The number of fused-ring (bicyclic) bond motifs is 1. The summed E-state index contributed by atoms with van der Waals surface area (Å²) in [7, 11) is -3.61. The summed E-state index contributed by atoms with van der Waals surface area (Å²) in [5, 5.41) is 4.49. The van der Waals surface area contributed by atoms with Crippen LogP contribution in [0.5, 0.6) is 0 Å². The molecule has 0 spiro atoms. The molecule has 5 rings (SSSR count). The molecule has 1 aliphatic carbocycles. The number of hydrogen-bond donors (Lipinski definition) is 1. The minimum Gasteiger partial charge on any atom is -0.361 e. The molecule has 0 atom stereocenters. The van der Waals surface area contributed by atoms with Crippen LogP contribution in [0, 0.1) is 19.8 Å². The number of imidazole rings is 1. The molecule has 4 aromatic rings. The lowest BCUT2D eigenvalue weighted by atomic mass is 10.0. The van der Waals surface area contributed by atoms with Gasteiger partial charge in [-0.1, -0.05) is 18.0 Å². The van der Waals surface area contributed by atoms with E-state index in [-0.39, 0.29) is 22.1 Å². The van der Waals surface area contributed by atoms with Crippen LogP contribution in [0.2, 0.25) is 0 Å². The van der Waals surface area contributed by atoms with E-state index in [9.17, 15) is 13.2 Å². The van der Waals surface area contributed by atoms with E-state index in [1.807, 2.05) is 6.92 Å². The Hall–Kier alpha value is -3.20. The first-order valence-electron chi connectivity index (χ1n) is 10.7. The zero-order chi connectivity index (χ0) is 22.5. The number of aromatic amines is 1. The van der Waals surface area contributed by atoms with E-state index in [0.29, 0.717) is 33.6 Å². The lowest BCUT2D eigenvalue weighted by Crippen LogP contribution is -2.17. The van der Waals surface area contributed by atoms with Crippen molar-refractivity contribution >= 4 is 20.7 Å². The van der Waals surface area contributed by atoms with Crippen molar-refractivity contribution in [2.24, 2.45) is 5.92 Å². The molecule has 1 fully saturated rings. The number of aromatic nitrogens is 4. The Balaban J connectivity index is 1.77. The van der Waals surface area contributed by atoms with E-state index in [1.54, 1.807) is 42.1 Å². The van der Waals surface area contributed by atoms with Crippen LogP contribution >= 0.6 is 0 Å². The molecule has 1 aliphatic rings. The highest BCUT2D eigenvalue weighted by Crippen LogP contribution is 2.35. The van der Waals surface area contributed by atoms with Crippen molar-refractivity contribution < 1.29 is 12.9 Å². The van der Waals surface area contributed by atoms with Gasteiger partial charge in [0.15, 0.2) is 9.84 Å². The molecule has 0 radical (unpaired) electrons. The molecule has 9 heteroatoms. The standard InChI is InChI=1S/C23H24N4O4S/c1-14-22(15(2)31-26-14)17-9-19-18(11-20(23(28)25-19)27-8-7-24-13-27)21(10-17)32(29,30)12-16-5-3-4-6-16/h7-11,13,16H,3-6,12H2,1-2H3,(H,25,28). The number of nitrogens with zero attached hydrogens (tertiary/aromatic N) is 3. The highest BCUT2D eigenvalue weighted by molar-refractivity contribution is 7.91. The van der Waals surface area contributed by atoms with Crippen LogP contribution in [0.4, 0.5) is 0 Å². The van der Waals surface area contributed by atoms with Gasteiger partial charge in [-0.2, -0.15) is 0 Å². The fourth-order valence-corrected chi connectivity index (χ4v) is 6.68. The monoisotopic (exact) mass is 452 g/mol. The number of aryl methyl sites for hydroxylation is 2. The Morgan fingerprint density at radius 3 is 2.62 bits per heavy atom. The summed E-state index contributed by atoms with van der Waals surface area (Å²) >= 11 is 0. The molecule has 8 nitrogen and oxygen atoms in total. The van der Waals surface area contributed by atoms with Gasteiger partial charge in [-0.3, -0.25) is 4.79 Å². The Morgan fingerprint density at radius 1 is 1.19 bits per heavy atom. The van der Waals surface area contributed by atoms with Gasteiger partial charge < -0.3 is 14.1 Å². The van der Waals surface area contributed by atoms with E-state index >= 15 is 0 Å². The summed E-state index contributed by atoms with van der Waals surface area (Å²) in [6.07, 6.45) is 8.73. The Bertz CT molecular complexity index is 1440. The maximum atomic E-state index is 13.6. The largest absolute Gasteiger partial charge is 0.361 e. The number of hydrogen-bond acceptors (Lipinski definition) is 6. The van der Waals surface area contributed by atoms with Gasteiger partial charge in [-0.05, 0) is 56.4 Å². The van der Waals surface area contributed by atoms with Gasteiger partial charge >= 0.3 is 0 Å². The van der Waals surface area contributed by atoms with Crippen molar-refractivity contribution in [3.05, 3.63) is 58.7 Å². The number of rotatable bonds is 5. The smallest absolute Gasteiger partial charge is 0.272 e. The topological polar surface area (TPSA) is 111 Å². The summed E-state index contributed by atoms with van der Waals surface area (Å²) in [5.41, 5.74) is 2.51. The van der Waals surface area contributed by atoms with Crippen LogP contribution in [0.15, 0.2) is 51.1 Å². The number of pyridine rings is 1. The number of nitrogens with one attached hydrogen (secondary N) is 1. The minimum atomic E-state index is -3.61. The van der Waals surface area contributed by atoms with Crippen LogP contribution in [0.25, 0.3) is 27.7 Å². The zero-order valence-electron chi connectivity index (χ0n) is 18.0. The number of sulfone groups is 1. The molecule has 166 valence electrons. The molecule has 0 unspecified atom stereocenters. The van der Waals surface area contributed by atoms with Crippen molar-refractivity contribution in [1.29, 1.82) is 0 Å². The van der Waals surface area contributed by atoms with E-state index in [2.05, 4.69) is 15.1 Å². The summed E-state index contributed by atoms with van der Waals surface area (Å²) < 4.78 is 34.1. The molecule has 32 heavy (non-hydrogen) atoms. The Labute approximate surface area is 185 Å². The second-order valence-corrected chi connectivity index (χ2v) is 10.5. The first kappa shape index (κ1) is 20.7. The second kappa shape index (κ2) is 7.74. The highest BCUT2D eigenvalue weighted by atomic mass is 32.2. The molecule has 1 aromatic carbocycles. The van der Waals surface area contributed by atoms with Gasteiger partial charge in [0.05, 0.1) is 28.2 Å². The van der Waals surface area contributed by atoms with Gasteiger partial charge in [0, 0.05) is 23.3 Å². The van der Waals surface area contributed by atoms with Gasteiger partial charge in [-0.15, -0.1) is 0 Å². The third-order valence-corrected chi connectivity index (χ3v) is 8.19. The van der Waals surface area contributed by atoms with Crippen molar-refractivity contribution in [3.8, 4) is 16.8 Å². The van der Waals surface area contributed by atoms with Crippen LogP contribution < -0.4 is 5.56 Å². The van der Waals surface area contributed by atoms with Crippen molar-refractivity contribution in [3.63, 3.8) is 0 Å². The Kier molecular flexibility index (Phi) is 5.00. The molecule has 0 aliphatic heterocycles. The highest BCUT2D eigenvalue weighted by Gasteiger charge is 2.27. The molecule has 0 amide bonds. The molecular formula is C23H24N4O4S. The van der Waals surface area contributed by atoms with Gasteiger partial charge in [-0.25, -0.2) is 13.4 Å². The summed E-state index contributed by atoms with van der Waals surface area (Å²) in [5.74, 6) is 0.860. The average Bonchev–Trinajstić information content (AvgIpc) is 3.50. The van der Waals surface area contributed by atoms with Crippen LogP contribution in [-0.2, 0) is 9.84 Å². The first-order valence-corrected chi connectivity index (χ1v) is 12.3. The third kappa shape index (κ3) is 3.56. The fourth-order valence-electron chi connectivity index (χ4n) is 4.73. The second-order valence-electron chi connectivity index (χ2n) is 8.52. The maximum Gasteiger partial charge on any atom is 0.272 e. The normalized spacial score (nSPS) is 15.1. The summed E-state index contributed by atoms with van der Waals surface area (Å²) in [4.78, 5) is 19.9. The van der Waals surface area contributed by atoms with E-state index in [0.717, 1.165) is 31.2 Å². The van der Waals surface area contributed by atoms with Crippen molar-refractivity contribution in [2.45, 2.75) is 44.4 Å². The van der Waals surface area contributed by atoms with E-state index < -0.39 is 9.84 Å². The predicted molar refractivity (Wildman–Crippen MR) is 121 cm³/mol. The Morgan fingerprint density at radius 2 is 1.97 bits per heavy atom. The van der Waals surface area contributed by atoms with Crippen LogP contribution in [-0.4, -0.2) is 33.9 Å². The zero-order valence-corrected chi connectivity index (χ0v) is 18.8. The quantitative estimate of drug-likeness (QED) is 0.491. The van der Waals surface area contributed by atoms with E-state index in [1.165, 1.54) is 6.33 Å². The third-order valence-electron chi connectivity index (χ3n) is 6.27. The van der Waals surface area contributed by atoms with E-state index in [4.69, 9.17) is 4.52 Å². The molecule has 1 saturated carbocycles. The summed E-state index contributed by atoms with van der Waals surface area (Å²) in [6, 6.07) is 5.11. The van der Waals surface area contributed by atoms with Crippen LogP contribution in [0.3, 0.4) is 0 Å². The summed E-state index contributed by atoms with van der Waals surface area (Å²) in [6.45, 7) is 3.60. The van der Waals surface area contributed by atoms with Crippen molar-refractivity contribution in [1.82, 2.24) is 19.7 Å². The average molecular weight is 453 g/mol. The lowest BCUT2D eigenvalue weighted by Gasteiger charge is -2.15. The minimum absolute atomic E-state index is 0.104. The fraction of sp³-hybridized carbons (Fsp3) is 0.348. The molecule has 1 N–H and O–H groups in total. The predicted octanol–water partition coefficient (Wildman–Crippen LogP) is 3.95. The number of H-pyrrole nitrogens is 1. The SMILES string of the molecule is Cc1noc(C)c1-c1cc(S(=O)(=O)CC2CCCC2)c2cc(-n3ccnc3)c(=O)[nH]c2c1. The number of benzene rings is 1. The first-order chi connectivity index (χ1) is 15.3. The van der Waals surface area contributed by atoms with Crippen molar-refractivity contribution in [2.75, 3.05) is 5.75 Å². The molecule has 3 aromatic heterocycles. The van der Waals surface area contributed by atoms with Gasteiger partial charge in [0.2, 0.25) is 0 Å². The maximum absolute atomic E-state index is 13.6. The molecule has 0 bridgehead atoms. The van der Waals surface area contributed by atoms with Gasteiger partial charge in [0.25, 0.3) is 5.56 Å². The van der Waals surface area contributed by atoms with Crippen LogP contribution in [0.1, 0.15) is 37.1 Å². The lowest BCUT2D eigenvalue weighted by molar-refractivity contribution is 0.393. The van der Waals surface area contributed by atoms with Gasteiger partial charge in [0.1, 0.15) is 11.4 Å².